The SMILES string of the molecule is CC(C)Oc1cc(NC2CCCCCC2)ccc1N. The van der Waals surface area contributed by atoms with Gasteiger partial charge < -0.3 is 15.8 Å². The maximum atomic E-state index is 5.94. The van der Waals surface area contributed by atoms with Crippen LogP contribution in [0.25, 0.3) is 0 Å². The maximum absolute atomic E-state index is 5.94. The van der Waals surface area contributed by atoms with Crippen molar-refractivity contribution < 1.29 is 4.74 Å². The third kappa shape index (κ3) is 4.34. The molecule has 1 aromatic carbocycles. The Morgan fingerprint density at radius 1 is 1.16 bits per heavy atom. The highest BCUT2D eigenvalue weighted by Crippen LogP contribution is 2.28. The minimum absolute atomic E-state index is 0.149. The van der Waals surface area contributed by atoms with Gasteiger partial charge in [-0.1, -0.05) is 25.7 Å². The zero-order valence-corrected chi connectivity index (χ0v) is 12.1. The van der Waals surface area contributed by atoms with Crippen LogP contribution in [0.2, 0.25) is 0 Å². The molecule has 0 bridgehead atoms. The summed E-state index contributed by atoms with van der Waals surface area (Å²) in [6.45, 7) is 4.04. The van der Waals surface area contributed by atoms with E-state index in [1.165, 1.54) is 38.5 Å². The Labute approximate surface area is 116 Å². The standard InChI is InChI=1S/C16H26N2O/c1-12(2)19-16-11-14(9-10-15(16)17)18-13-7-5-3-4-6-8-13/h9-13,18H,3-8,17H2,1-2H3. The van der Waals surface area contributed by atoms with Crippen LogP contribution in [0.4, 0.5) is 11.4 Å². The van der Waals surface area contributed by atoms with Gasteiger partial charge in [-0.3, -0.25) is 0 Å². The normalized spacial score (nSPS) is 17.2. The van der Waals surface area contributed by atoms with Gasteiger partial charge in [0.15, 0.2) is 0 Å². The lowest BCUT2D eigenvalue weighted by Crippen LogP contribution is -2.18. The second-order valence-electron chi connectivity index (χ2n) is 5.75. The van der Waals surface area contributed by atoms with Crippen molar-refractivity contribution in [2.75, 3.05) is 11.1 Å². The Kier molecular flexibility index (Phi) is 4.94. The largest absolute Gasteiger partial charge is 0.489 e. The van der Waals surface area contributed by atoms with Crippen LogP contribution in [0.1, 0.15) is 52.4 Å². The molecule has 0 radical (unpaired) electrons. The first-order chi connectivity index (χ1) is 9.15. The zero-order chi connectivity index (χ0) is 13.7. The van der Waals surface area contributed by atoms with E-state index in [4.69, 9.17) is 10.5 Å². The summed E-state index contributed by atoms with van der Waals surface area (Å²) in [4.78, 5) is 0. The molecule has 3 nitrogen and oxygen atoms in total. The van der Waals surface area contributed by atoms with Crippen molar-refractivity contribution in [3.63, 3.8) is 0 Å². The van der Waals surface area contributed by atoms with Crippen molar-refractivity contribution in [3.8, 4) is 5.75 Å². The van der Waals surface area contributed by atoms with E-state index in [0.717, 1.165) is 11.4 Å². The lowest BCUT2D eigenvalue weighted by molar-refractivity contribution is 0.244. The molecule has 0 aliphatic heterocycles. The average molecular weight is 262 g/mol. The van der Waals surface area contributed by atoms with Crippen molar-refractivity contribution in [1.29, 1.82) is 0 Å². The van der Waals surface area contributed by atoms with E-state index in [0.29, 0.717) is 11.7 Å². The van der Waals surface area contributed by atoms with E-state index in [-0.39, 0.29) is 6.10 Å². The van der Waals surface area contributed by atoms with E-state index in [1.807, 2.05) is 32.0 Å². The summed E-state index contributed by atoms with van der Waals surface area (Å²) in [5.74, 6) is 0.786. The topological polar surface area (TPSA) is 47.3 Å². The highest BCUT2D eigenvalue weighted by molar-refractivity contribution is 5.61. The molecule has 1 fully saturated rings. The molecule has 0 saturated heterocycles. The van der Waals surface area contributed by atoms with Crippen LogP contribution < -0.4 is 15.8 Å². The summed E-state index contributed by atoms with van der Waals surface area (Å²) >= 11 is 0. The van der Waals surface area contributed by atoms with Crippen molar-refractivity contribution in [3.05, 3.63) is 18.2 Å². The van der Waals surface area contributed by atoms with Crippen LogP contribution in [-0.4, -0.2) is 12.1 Å². The van der Waals surface area contributed by atoms with E-state index < -0.39 is 0 Å². The van der Waals surface area contributed by atoms with E-state index in [9.17, 15) is 0 Å². The summed E-state index contributed by atoms with van der Waals surface area (Å²) in [7, 11) is 0. The summed E-state index contributed by atoms with van der Waals surface area (Å²) < 4.78 is 5.73. The molecule has 0 atom stereocenters. The third-order valence-electron chi connectivity index (χ3n) is 3.60. The van der Waals surface area contributed by atoms with Crippen molar-refractivity contribution >= 4 is 11.4 Å². The van der Waals surface area contributed by atoms with Crippen LogP contribution in [0.3, 0.4) is 0 Å². The smallest absolute Gasteiger partial charge is 0.144 e. The van der Waals surface area contributed by atoms with Gasteiger partial charge in [-0.15, -0.1) is 0 Å². The maximum Gasteiger partial charge on any atom is 0.144 e. The summed E-state index contributed by atoms with van der Waals surface area (Å²) in [5.41, 5.74) is 7.77. The minimum Gasteiger partial charge on any atom is -0.489 e. The number of benzene rings is 1. The first-order valence-corrected chi connectivity index (χ1v) is 7.48. The average Bonchev–Trinajstić information content (AvgIpc) is 2.61. The summed E-state index contributed by atoms with van der Waals surface area (Å²) in [6, 6.07) is 6.60. The highest BCUT2D eigenvalue weighted by Gasteiger charge is 2.13. The lowest BCUT2D eigenvalue weighted by atomic mass is 10.1. The lowest BCUT2D eigenvalue weighted by Gasteiger charge is -2.19. The Balaban J connectivity index is 2.03. The number of ether oxygens (including phenoxy) is 1. The van der Waals surface area contributed by atoms with Crippen LogP contribution in [0.15, 0.2) is 18.2 Å². The van der Waals surface area contributed by atoms with Gasteiger partial charge in [0.1, 0.15) is 5.75 Å². The van der Waals surface area contributed by atoms with Crippen LogP contribution >= 0.6 is 0 Å². The molecule has 1 aliphatic carbocycles. The molecule has 1 saturated carbocycles. The fourth-order valence-corrected chi connectivity index (χ4v) is 2.64. The Hall–Kier alpha value is -1.38. The summed E-state index contributed by atoms with van der Waals surface area (Å²) in [6.07, 6.45) is 8.11. The molecule has 0 spiro atoms. The van der Waals surface area contributed by atoms with Gasteiger partial charge in [0.25, 0.3) is 0 Å². The number of anilines is 2. The molecule has 0 amide bonds. The molecule has 1 aromatic rings. The monoisotopic (exact) mass is 262 g/mol. The molecule has 3 N–H and O–H groups in total. The first kappa shape index (κ1) is 14.0. The van der Waals surface area contributed by atoms with Gasteiger partial charge in [0.2, 0.25) is 0 Å². The molecule has 0 unspecified atom stereocenters. The Morgan fingerprint density at radius 2 is 1.84 bits per heavy atom. The second kappa shape index (κ2) is 6.69. The molecular formula is C16H26N2O. The van der Waals surface area contributed by atoms with Gasteiger partial charge in [-0.2, -0.15) is 0 Å². The van der Waals surface area contributed by atoms with Crippen molar-refractivity contribution in [2.24, 2.45) is 0 Å². The van der Waals surface area contributed by atoms with E-state index in [2.05, 4.69) is 5.32 Å². The van der Waals surface area contributed by atoms with Gasteiger partial charge in [-0.25, -0.2) is 0 Å². The highest BCUT2D eigenvalue weighted by atomic mass is 16.5. The molecule has 19 heavy (non-hydrogen) atoms. The minimum atomic E-state index is 0.149. The number of nitrogens with one attached hydrogen (secondary N) is 1. The zero-order valence-electron chi connectivity index (χ0n) is 12.1. The molecule has 0 heterocycles. The second-order valence-corrected chi connectivity index (χ2v) is 5.75. The van der Waals surface area contributed by atoms with Crippen molar-refractivity contribution in [2.45, 2.75) is 64.5 Å². The van der Waals surface area contributed by atoms with E-state index >= 15 is 0 Å². The Morgan fingerprint density at radius 3 is 2.47 bits per heavy atom. The van der Waals surface area contributed by atoms with Gasteiger partial charge in [-0.05, 0) is 38.8 Å². The van der Waals surface area contributed by atoms with Crippen LogP contribution in [-0.2, 0) is 0 Å². The summed E-state index contributed by atoms with van der Waals surface area (Å²) in [5, 5.41) is 3.63. The first-order valence-electron chi connectivity index (χ1n) is 7.48. The number of hydrogen-bond acceptors (Lipinski definition) is 3. The third-order valence-corrected chi connectivity index (χ3v) is 3.60. The van der Waals surface area contributed by atoms with Gasteiger partial charge in [0.05, 0.1) is 11.8 Å². The molecule has 0 aromatic heterocycles. The number of hydrogen-bond donors (Lipinski definition) is 2. The van der Waals surface area contributed by atoms with E-state index in [1.54, 1.807) is 0 Å². The van der Waals surface area contributed by atoms with Gasteiger partial charge >= 0.3 is 0 Å². The van der Waals surface area contributed by atoms with Crippen LogP contribution in [0.5, 0.6) is 5.75 Å². The molecular weight excluding hydrogens is 236 g/mol. The number of rotatable bonds is 4. The number of nitrogens with two attached hydrogens (primary N) is 1. The van der Waals surface area contributed by atoms with Gasteiger partial charge in [0, 0.05) is 17.8 Å². The molecule has 106 valence electrons. The molecule has 2 rings (SSSR count). The fraction of sp³-hybridized carbons (Fsp3) is 0.625. The fourth-order valence-electron chi connectivity index (χ4n) is 2.64. The number of nitrogen functional groups attached to an aromatic ring is 1. The quantitative estimate of drug-likeness (QED) is 0.632. The predicted octanol–water partition coefficient (Wildman–Crippen LogP) is 4.19. The van der Waals surface area contributed by atoms with Crippen LogP contribution in [0, 0.1) is 0 Å². The molecule has 1 aliphatic rings. The molecule has 3 heteroatoms. The van der Waals surface area contributed by atoms with Crippen molar-refractivity contribution in [1.82, 2.24) is 0 Å². The predicted molar refractivity (Wildman–Crippen MR) is 81.7 cm³/mol. The Bertz CT molecular complexity index is 396.